The molecule has 2 aromatic rings. The van der Waals surface area contributed by atoms with E-state index >= 15 is 0 Å². The van der Waals surface area contributed by atoms with Crippen LogP contribution < -0.4 is 10.1 Å². The van der Waals surface area contributed by atoms with Gasteiger partial charge in [0, 0.05) is 11.8 Å². The summed E-state index contributed by atoms with van der Waals surface area (Å²) in [5.74, 6) is 1.10. The van der Waals surface area contributed by atoms with Crippen molar-refractivity contribution in [2.45, 2.75) is 26.4 Å². The number of halogens is 1. The summed E-state index contributed by atoms with van der Waals surface area (Å²) >= 11 is 6.26. The molecule has 3 rings (SSSR count). The van der Waals surface area contributed by atoms with Gasteiger partial charge in [-0.1, -0.05) is 18.5 Å². The number of hydrogen-bond acceptors (Lipinski definition) is 7. The second-order valence-electron chi connectivity index (χ2n) is 7.23. The molecule has 1 aromatic carbocycles. The van der Waals surface area contributed by atoms with Crippen molar-refractivity contribution in [1.29, 1.82) is 5.26 Å². The maximum atomic E-state index is 9.82. The number of ether oxygens (including phenoxy) is 1. The van der Waals surface area contributed by atoms with Crippen molar-refractivity contribution in [3.63, 3.8) is 0 Å². The van der Waals surface area contributed by atoms with E-state index in [9.17, 15) is 5.11 Å². The summed E-state index contributed by atoms with van der Waals surface area (Å²) in [5.41, 5.74) is 1.85. The van der Waals surface area contributed by atoms with Crippen LogP contribution in [0.1, 0.15) is 24.5 Å². The number of anilines is 2. The molecule has 1 aliphatic heterocycles. The number of nitriles is 1. The van der Waals surface area contributed by atoms with Crippen molar-refractivity contribution in [1.82, 2.24) is 14.8 Å². The van der Waals surface area contributed by atoms with E-state index in [4.69, 9.17) is 29.6 Å². The predicted molar refractivity (Wildman–Crippen MR) is 112 cm³/mol. The van der Waals surface area contributed by atoms with Crippen LogP contribution in [0.25, 0.3) is 0 Å². The largest absolute Gasteiger partial charge is 0.473 e. The molecule has 1 aromatic heterocycles. The van der Waals surface area contributed by atoms with Crippen molar-refractivity contribution in [3.05, 3.63) is 40.7 Å². The third-order valence-corrected chi connectivity index (χ3v) is 5.58. The zero-order chi connectivity index (χ0) is 21.0. The van der Waals surface area contributed by atoms with Gasteiger partial charge in [0.1, 0.15) is 18.2 Å². The fraction of sp³-hybridized carbons (Fsp3) is 0.450. The van der Waals surface area contributed by atoms with Crippen LogP contribution in [0.2, 0.25) is 5.02 Å². The van der Waals surface area contributed by atoms with Crippen LogP contribution in [-0.2, 0) is 0 Å². The van der Waals surface area contributed by atoms with Crippen LogP contribution in [0.15, 0.2) is 24.5 Å². The lowest BCUT2D eigenvalue weighted by molar-refractivity contribution is -0.00703. The summed E-state index contributed by atoms with van der Waals surface area (Å²) in [4.78, 5) is 10.3. The smallest absolute Gasteiger partial charge is 0.221 e. The average molecular weight is 412 g/mol. The van der Waals surface area contributed by atoms with Crippen LogP contribution in [0.4, 0.5) is 11.5 Å². The van der Waals surface area contributed by atoms with Crippen LogP contribution in [0, 0.1) is 30.1 Å². The van der Waals surface area contributed by atoms with Gasteiger partial charge in [-0.05, 0) is 44.6 Å². The van der Waals surface area contributed by atoms with Gasteiger partial charge in [-0.3, -0.25) is 0 Å². The third kappa shape index (κ3) is 4.81. The van der Waals surface area contributed by atoms with E-state index in [2.05, 4.69) is 28.3 Å². The average Bonchev–Trinajstić information content (AvgIpc) is 2.72. The Hall–Kier alpha value is -2.34. The Bertz CT molecular complexity index is 893. The number of nitrogens with zero attached hydrogens (tertiary/aromatic N) is 4. The molecular weight excluding hydrogens is 389 g/mol. The molecule has 0 aliphatic carbocycles. The van der Waals surface area contributed by atoms with Gasteiger partial charge in [0.15, 0.2) is 7.98 Å². The molecule has 3 unspecified atom stereocenters. The van der Waals surface area contributed by atoms with Gasteiger partial charge in [0.2, 0.25) is 5.88 Å². The lowest BCUT2D eigenvalue weighted by Crippen LogP contribution is -2.52. The quantitative estimate of drug-likeness (QED) is 0.706. The first-order valence-corrected chi connectivity index (χ1v) is 9.90. The van der Waals surface area contributed by atoms with E-state index in [-0.39, 0.29) is 24.5 Å². The zero-order valence-electron chi connectivity index (χ0n) is 16.5. The Morgan fingerprint density at radius 1 is 1.38 bits per heavy atom. The summed E-state index contributed by atoms with van der Waals surface area (Å²) < 4.78 is 6.28. The number of hydrogen-bond donors (Lipinski definition) is 2. The fourth-order valence-corrected chi connectivity index (χ4v) is 3.83. The van der Waals surface area contributed by atoms with Crippen molar-refractivity contribution in [2.75, 3.05) is 25.0 Å². The van der Waals surface area contributed by atoms with Gasteiger partial charge in [0.05, 0.1) is 34.5 Å². The highest BCUT2D eigenvalue weighted by atomic mass is 35.5. The number of aromatic nitrogens is 2. The normalized spacial score (nSPS) is 22.1. The van der Waals surface area contributed by atoms with Crippen molar-refractivity contribution in [2.24, 2.45) is 11.8 Å². The summed E-state index contributed by atoms with van der Waals surface area (Å²) in [6.07, 6.45) is 2.12. The van der Waals surface area contributed by atoms with Gasteiger partial charge in [0.25, 0.3) is 0 Å². The summed E-state index contributed by atoms with van der Waals surface area (Å²) in [7, 11) is 6.00. The maximum absolute atomic E-state index is 9.82. The lowest BCUT2D eigenvalue weighted by atomic mass is 9.83. The molecule has 2 N–H and O–H groups in total. The molecule has 1 fully saturated rings. The van der Waals surface area contributed by atoms with E-state index in [1.165, 1.54) is 6.33 Å². The lowest BCUT2D eigenvalue weighted by Gasteiger charge is -2.41. The molecule has 9 heteroatoms. The number of aliphatic hydroxyl groups excluding tert-OH is 1. The number of piperidine rings is 1. The van der Waals surface area contributed by atoms with Crippen LogP contribution in [-0.4, -0.2) is 53.7 Å². The molecule has 1 saturated heterocycles. The van der Waals surface area contributed by atoms with Gasteiger partial charge in [-0.15, -0.1) is 0 Å². The maximum Gasteiger partial charge on any atom is 0.221 e. The second-order valence-corrected chi connectivity index (χ2v) is 7.64. The monoisotopic (exact) mass is 411 g/mol. The van der Waals surface area contributed by atoms with E-state index in [1.807, 2.05) is 6.92 Å². The number of benzene rings is 1. The molecular formula is C20H23BClN5O2. The topological polar surface area (TPSA) is 94.3 Å². The molecule has 1 aliphatic rings. The van der Waals surface area contributed by atoms with Crippen molar-refractivity contribution in [3.8, 4) is 11.9 Å². The number of rotatable bonds is 6. The van der Waals surface area contributed by atoms with E-state index in [0.717, 1.165) is 12.0 Å². The SMILES string of the molecule is [B]N1CC(CC)C(Oc2ncnc(Nc3ccc(C#N)cc3Cl)c2C)C(CO)C1. The third-order valence-electron chi connectivity index (χ3n) is 5.26. The molecule has 2 heterocycles. The summed E-state index contributed by atoms with van der Waals surface area (Å²) in [5, 5.41) is 22.4. The molecule has 0 bridgehead atoms. The Balaban J connectivity index is 1.84. The minimum Gasteiger partial charge on any atom is -0.473 e. The van der Waals surface area contributed by atoms with Gasteiger partial charge >= 0.3 is 0 Å². The van der Waals surface area contributed by atoms with Gasteiger partial charge in [-0.2, -0.15) is 5.26 Å². The standard InChI is InChI=1S/C20H23BClN5O2/c1-3-14-8-27(21)9-15(10-28)18(14)29-20-12(2)19(24-11-25-20)26-17-5-4-13(7-23)6-16(17)22/h4-6,11,14-15,18,28H,3,8-10H2,1-2H3,(H,24,25,26). The Morgan fingerprint density at radius 3 is 2.79 bits per heavy atom. The van der Waals surface area contributed by atoms with Crippen LogP contribution in [0.5, 0.6) is 5.88 Å². The first-order valence-electron chi connectivity index (χ1n) is 9.52. The molecule has 3 atom stereocenters. The molecule has 150 valence electrons. The minimum absolute atomic E-state index is 0.00897. The van der Waals surface area contributed by atoms with Gasteiger partial charge < -0.3 is 20.0 Å². The first kappa shape index (κ1) is 21.4. The van der Waals surface area contributed by atoms with Crippen LogP contribution in [0.3, 0.4) is 0 Å². The van der Waals surface area contributed by atoms with Crippen molar-refractivity contribution >= 4 is 31.1 Å². The minimum atomic E-state index is -0.190. The van der Waals surface area contributed by atoms with Crippen molar-refractivity contribution < 1.29 is 9.84 Å². The van der Waals surface area contributed by atoms with E-state index in [0.29, 0.717) is 41.1 Å². The first-order chi connectivity index (χ1) is 14.0. The van der Waals surface area contributed by atoms with E-state index < -0.39 is 0 Å². The fourth-order valence-electron chi connectivity index (χ4n) is 3.61. The Kier molecular flexibility index (Phi) is 6.96. The Morgan fingerprint density at radius 2 is 2.14 bits per heavy atom. The summed E-state index contributed by atoms with van der Waals surface area (Å²) in [6.45, 7) is 5.20. The zero-order valence-corrected chi connectivity index (χ0v) is 17.2. The highest BCUT2D eigenvalue weighted by Crippen LogP contribution is 2.32. The van der Waals surface area contributed by atoms with E-state index in [1.54, 1.807) is 23.0 Å². The predicted octanol–water partition coefficient (Wildman–Crippen LogP) is 2.83. The van der Waals surface area contributed by atoms with Crippen LogP contribution >= 0.6 is 11.6 Å². The molecule has 0 saturated carbocycles. The molecule has 7 nitrogen and oxygen atoms in total. The summed E-state index contributed by atoms with van der Waals surface area (Å²) in [6, 6.07) is 7.06. The highest BCUT2D eigenvalue weighted by molar-refractivity contribution is 6.33. The second kappa shape index (κ2) is 9.44. The number of aliphatic hydroxyl groups is 1. The molecule has 2 radical (unpaired) electrons. The highest BCUT2D eigenvalue weighted by Gasteiger charge is 2.36. The van der Waals surface area contributed by atoms with Gasteiger partial charge in [-0.25, -0.2) is 9.97 Å². The molecule has 0 spiro atoms. The molecule has 0 amide bonds. The number of nitrogens with one attached hydrogen (secondary N) is 1. The Labute approximate surface area is 177 Å². The molecule has 29 heavy (non-hydrogen) atoms.